The van der Waals surface area contributed by atoms with E-state index in [0.717, 1.165) is 0 Å². The number of rotatable bonds is 4. The molecule has 0 saturated heterocycles. The molecule has 0 spiro atoms. The van der Waals surface area contributed by atoms with E-state index in [4.69, 9.17) is 4.74 Å². The Morgan fingerprint density at radius 3 is 2.53 bits per heavy atom. The molecule has 0 fully saturated rings. The molecule has 0 atom stereocenters. The minimum atomic E-state index is -0.120. The van der Waals surface area contributed by atoms with Crippen molar-refractivity contribution < 1.29 is 14.6 Å². The summed E-state index contributed by atoms with van der Waals surface area (Å²) in [5.74, 6) is 0.486. The number of phenols is 1. The second-order valence-corrected chi connectivity index (χ2v) is 3.96. The summed E-state index contributed by atoms with van der Waals surface area (Å²) in [5, 5.41) is 9.76. The van der Waals surface area contributed by atoms with E-state index in [1.54, 1.807) is 36.4 Å². The van der Waals surface area contributed by atoms with Gasteiger partial charge in [0.15, 0.2) is 5.78 Å². The maximum Gasteiger partial charge on any atom is 0.185 e. The zero-order valence-corrected chi connectivity index (χ0v) is 10.5. The van der Waals surface area contributed by atoms with Gasteiger partial charge in [-0.3, -0.25) is 4.79 Å². The van der Waals surface area contributed by atoms with E-state index in [1.165, 1.54) is 13.2 Å². The van der Waals surface area contributed by atoms with Gasteiger partial charge in [0.05, 0.1) is 12.7 Å². The Bertz CT molecular complexity index is 601. The van der Waals surface area contributed by atoms with Gasteiger partial charge >= 0.3 is 0 Å². The van der Waals surface area contributed by atoms with Crippen LogP contribution in [0.15, 0.2) is 54.6 Å². The molecule has 19 heavy (non-hydrogen) atoms. The van der Waals surface area contributed by atoms with Gasteiger partial charge in [0.25, 0.3) is 0 Å². The maximum atomic E-state index is 11.9. The van der Waals surface area contributed by atoms with Gasteiger partial charge in [0.1, 0.15) is 11.5 Å². The summed E-state index contributed by atoms with van der Waals surface area (Å²) in [4.78, 5) is 11.9. The van der Waals surface area contributed by atoms with Crippen LogP contribution in [0.3, 0.4) is 0 Å². The molecule has 0 heterocycles. The van der Waals surface area contributed by atoms with Crippen LogP contribution >= 0.6 is 0 Å². The first-order valence-corrected chi connectivity index (χ1v) is 5.86. The van der Waals surface area contributed by atoms with Crippen LogP contribution in [0.25, 0.3) is 6.08 Å². The molecular formula is C16H14O3. The van der Waals surface area contributed by atoms with Crippen molar-refractivity contribution in [1.82, 2.24) is 0 Å². The molecule has 96 valence electrons. The third kappa shape index (κ3) is 3.01. The number of hydrogen-bond donors (Lipinski definition) is 1. The van der Waals surface area contributed by atoms with Crippen molar-refractivity contribution in [1.29, 1.82) is 0 Å². The highest BCUT2D eigenvalue weighted by Crippen LogP contribution is 2.28. The number of carbonyl (C=O) groups is 1. The quantitative estimate of drug-likeness (QED) is 0.672. The molecule has 1 N–H and O–H groups in total. The Balaban J connectivity index is 2.26. The Kier molecular flexibility index (Phi) is 3.98. The lowest BCUT2D eigenvalue weighted by Crippen LogP contribution is -1.93. The van der Waals surface area contributed by atoms with Crippen molar-refractivity contribution in [3.05, 3.63) is 65.7 Å². The highest BCUT2D eigenvalue weighted by molar-refractivity contribution is 6.07. The summed E-state index contributed by atoms with van der Waals surface area (Å²) in [6.45, 7) is 0. The summed E-state index contributed by atoms with van der Waals surface area (Å²) < 4.78 is 5.14. The van der Waals surface area contributed by atoms with Crippen LogP contribution in [-0.2, 0) is 0 Å². The fourth-order valence-corrected chi connectivity index (χ4v) is 1.74. The standard InChI is InChI=1S/C16H14O3/c1-19-16-9-5-8-15(18)13(16)10-11-14(17)12-6-3-2-4-7-12/h2-11,18H,1H3. The third-order valence-corrected chi connectivity index (χ3v) is 2.72. The van der Waals surface area contributed by atoms with Gasteiger partial charge < -0.3 is 9.84 Å². The first-order valence-electron chi connectivity index (χ1n) is 5.86. The molecule has 3 nitrogen and oxygen atoms in total. The van der Waals surface area contributed by atoms with Gasteiger partial charge in [-0.05, 0) is 24.3 Å². The predicted molar refractivity (Wildman–Crippen MR) is 74.5 cm³/mol. The lowest BCUT2D eigenvalue weighted by molar-refractivity contribution is 0.104. The zero-order chi connectivity index (χ0) is 13.7. The first-order chi connectivity index (χ1) is 9.22. The number of hydrogen-bond acceptors (Lipinski definition) is 3. The normalized spacial score (nSPS) is 10.6. The minimum Gasteiger partial charge on any atom is -0.507 e. The second-order valence-electron chi connectivity index (χ2n) is 3.96. The molecule has 0 radical (unpaired) electrons. The third-order valence-electron chi connectivity index (χ3n) is 2.72. The molecule has 3 heteroatoms. The molecule has 2 aromatic carbocycles. The average molecular weight is 254 g/mol. The van der Waals surface area contributed by atoms with Gasteiger partial charge in [0.2, 0.25) is 0 Å². The highest BCUT2D eigenvalue weighted by Gasteiger charge is 2.06. The molecule has 0 aliphatic rings. The number of carbonyl (C=O) groups excluding carboxylic acids is 1. The van der Waals surface area contributed by atoms with Crippen molar-refractivity contribution in [3.63, 3.8) is 0 Å². The van der Waals surface area contributed by atoms with Gasteiger partial charge in [-0.25, -0.2) is 0 Å². The van der Waals surface area contributed by atoms with Crippen LogP contribution in [0.1, 0.15) is 15.9 Å². The molecule has 2 rings (SSSR count). The van der Waals surface area contributed by atoms with Crippen LogP contribution in [0.5, 0.6) is 11.5 Å². The maximum absolute atomic E-state index is 11.9. The van der Waals surface area contributed by atoms with E-state index in [1.807, 2.05) is 18.2 Å². The van der Waals surface area contributed by atoms with Crippen molar-refractivity contribution in [2.75, 3.05) is 7.11 Å². The molecule has 2 aromatic rings. The Labute approximate surface area is 111 Å². The van der Waals surface area contributed by atoms with Crippen LogP contribution < -0.4 is 4.74 Å². The smallest absolute Gasteiger partial charge is 0.185 e. The highest BCUT2D eigenvalue weighted by atomic mass is 16.5. The summed E-state index contributed by atoms with van der Waals surface area (Å²) in [6.07, 6.45) is 2.98. The summed E-state index contributed by atoms with van der Waals surface area (Å²) in [5.41, 5.74) is 1.10. The number of benzene rings is 2. The second kappa shape index (κ2) is 5.87. The Morgan fingerprint density at radius 2 is 1.84 bits per heavy atom. The van der Waals surface area contributed by atoms with Crippen LogP contribution in [0.2, 0.25) is 0 Å². The van der Waals surface area contributed by atoms with Crippen molar-refractivity contribution >= 4 is 11.9 Å². The molecule has 0 unspecified atom stereocenters. The van der Waals surface area contributed by atoms with Crippen molar-refractivity contribution in [2.45, 2.75) is 0 Å². The Hall–Kier alpha value is -2.55. The monoisotopic (exact) mass is 254 g/mol. The summed E-state index contributed by atoms with van der Waals surface area (Å²) in [6, 6.07) is 13.9. The van der Waals surface area contributed by atoms with Gasteiger partial charge in [-0.1, -0.05) is 36.4 Å². The molecule has 0 aliphatic heterocycles. The van der Waals surface area contributed by atoms with Crippen molar-refractivity contribution in [3.8, 4) is 11.5 Å². The number of ether oxygens (including phenoxy) is 1. The van der Waals surface area contributed by atoms with Crippen LogP contribution in [0, 0.1) is 0 Å². The largest absolute Gasteiger partial charge is 0.507 e. The molecule has 0 aliphatic carbocycles. The minimum absolute atomic E-state index is 0.0801. The lowest BCUT2D eigenvalue weighted by Gasteiger charge is -2.06. The van der Waals surface area contributed by atoms with E-state index in [0.29, 0.717) is 16.9 Å². The number of ketones is 1. The fraction of sp³-hybridized carbons (Fsp3) is 0.0625. The zero-order valence-electron chi connectivity index (χ0n) is 10.5. The van der Waals surface area contributed by atoms with Crippen molar-refractivity contribution in [2.24, 2.45) is 0 Å². The molecule has 0 aromatic heterocycles. The van der Waals surface area contributed by atoms with E-state index < -0.39 is 0 Å². The topological polar surface area (TPSA) is 46.5 Å². The van der Waals surface area contributed by atoms with E-state index >= 15 is 0 Å². The van der Waals surface area contributed by atoms with Gasteiger partial charge in [-0.15, -0.1) is 0 Å². The van der Waals surface area contributed by atoms with Crippen LogP contribution in [0.4, 0.5) is 0 Å². The van der Waals surface area contributed by atoms with Gasteiger partial charge in [0, 0.05) is 5.56 Å². The average Bonchev–Trinajstić information content (AvgIpc) is 2.46. The fourth-order valence-electron chi connectivity index (χ4n) is 1.74. The van der Waals surface area contributed by atoms with E-state index in [-0.39, 0.29) is 11.5 Å². The number of methoxy groups -OCH3 is 1. The number of allylic oxidation sites excluding steroid dienone is 1. The molecule has 0 amide bonds. The first kappa shape index (κ1) is 12.9. The molecule has 0 bridgehead atoms. The predicted octanol–water partition coefficient (Wildman–Crippen LogP) is 3.30. The summed E-state index contributed by atoms with van der Waals surface area (Å²) >= 11 is 0. The van der Waals surface area contributed by atoms with E-state index in [2.05, 4.69) is 0 Å². The number of phenolic OH excluding ortho intramolecular Hbond substituents is 1. The lowest BCUT2D eigenvalue weighted by atomic mass is 10.1. The number of aromatic hydroxyl groups is 1. The van der Waals surface area contributed by atoms with Gasteiger partial charge in [-0.2, -0.15) is 0 Å². The SMILES string of the molecule is COc1cccc(O)c1C=CC(=O)c1ccccc1. The summed E-state index contributed by atoms with van der Waals surface area (Å²) in [7, 11) is 1.52. The Morgan fingerprint density at radius 1 is 1.11 bits per heavy atom. The molecule has 0 saturated carbocycles. The van der Waals surface area contributed by atoms with Crippen LogP contribution in [-0.4, -0.2) is 18.0 Å². The molecular weight excluding hydrogens is 240 g/mol. The van der Waals surface area contributed by atoms with E-state index in [9.17, 15) is 9.90 Å².